The number of carbonyl (C=O) groups is 1. The predicted octanol–water partition coefficient (Wildman–Crippen LogP) is 3.96. The summed E-state index contributed by atoms with van der Waals surface area (Å²) < 4.78 is 6.60. The van der Waals surface area contributed by atoms with Gasteiger partial charge < -0.3 is 4.74 Å². The molecule has 0 unspecified atom stereocenters. The van der Waals surface area contributed by atoms with E-state index in [9.17, 15) is 4.79 Å². The number of rotatable bonds is 3. The van der Waals surface area contributed by atoms with Crippen LogP contribution in [0.4, 0.5) is 0 Å². The number of Topliss-reactive ketones (excluding diaryl/α,β-unsaturated/α-hetero) is 1. The molecule has 0 aliphatic carbocycles. The number of fused-ring (bicyclic) bond motifs is 1. The normalized spacial score (nSPS) is 12.4. The molecule has 0 heterocycles. The van der Waals surface area contributed by atoms with Crippen molar-refractivity contribution in [2.75, 3.05) is 0 Å². The molecule has 0 bridgehead atoms. The third-order valence-electron chi connectivity index (χ3n) is 2.66. The summed E-state index contributed by atoms with van der Waals surface area (Å²) >= 11 is 3.43. The molecule has 0 aliphatic heterocycles. The SMILES string of the molecule is CC(=O)[C@@H](C)Oc1ccc2cc(Br)ccc2c1. The Balaban J connectivity index is 2.32. The van der Waals surface area contributed by atoms with Crippen LogP contribution in [0.3, 0.4) is 0 Å². The van der Waals surface area contributed by atoms with E-state index in [0.29, 0.717) is 0 Å². The summed E-state index contributed by atoms with van der Waals surface area (Å²) in [5.41, 5.74) is 0. The van der Waals surface area contributed by atoms with Crippen molar-refractivity contribution in [3.63, 3.8) is 0 Å². The second kappa shape index (κ2) is 4.88. The second-order valence-electron chi connectivity index (χ2n) is 4.02. The van der Waals surface area contributed by atoms with Gasteiger partial charge in [0.05, 0.1) is 0 Å². The molecule has 0 fully saturated rings. The van der Waals surface area contributed by atoms with Gasteiger partial charge in [0.15, 0.2) is 11.9 Å². The first-order valence-corrected chi connectivity index (χ1v) is 6.22. The summed E-state index contributed by atoms with van der Waals surface area (Å²) in [4.78, 5) is 11.1. The topological polar surface area (TPSA) is 26.3 Å². The van der Waals surface area contributed by atoms with Crippen LogP contribution in [-0.4, -0.2) is 11.9 Å². The molecule has 0 N–H and O–H groups in total. The van der Waals surface area contributed by atoms with E-state index in [-0.39, 0.29) is 5.78 Å². The molecule has 17 heavy (non-hydrogen) atoms. The monoisotopic (exact) mass is 292 g/mol. The average Bonchev–Trinajstić information content (AvgIpc) is 2.29. The fourth-order valence-electron chi connectivity index (χ4n) is 1.56. The van der Waals surface area contributed by atoms with E-state index < -0.39 is 6.10 Å². The smallest absolute Gasteiger partial charge is 0.169 e. The molecular weight excluding hydrogens is 280 g/mol. The lowest BCUT2D eigenvalue weighted by atomic mass is 10.1. The van der Waals surface area contributed by atoms with Gasteiger partial charge >= 0.3 is 0 Å². The van der Waals surface area contributed by atoms with Crippen LogP contribution in [0.1, 0.15) is 13.8 Å². The lowest BCUT2D eigenvalue weighted by Crippen LogP contribution is -2.20. The van der Waals surface area contributed by atoms with Crippen molar-refractivity contribution >= 4 is 32.5 Å². The minimum Gasteiger partial charge on any atom is -0.483 e. The molecule has 0 saturated carbocycles. The van der Waals surface area contributed by atoms with Gasteiger partial charge in [-0.3, -0.25) is 4.79 Å². The van der Waals surface area contributed by atoms with Crippen LogP contribution in [0, 0.1) is 0 Å². The molecular formula is C14H13BrO2. The van der Waals surface area contributed by atoms with Crippen molar-refractivity contribution in [2.24, 2.45) is 0 Å². The molecule has 0 spiro atoms. The first-order chi connectivity index (χ1) is 8.06. The zero-order chi connectivity index (χ0) is 12.4. The zero-order valence-electron chi connectivity index (χ0n) is 9.74. The number of ketones is 1. The molecule has 2 nitrogen and oxygen atoms in total. The summed E-state index contributed by atoms with van der Waals surface area (Å²) in [6, 6.07) is 11.9. The maximum Gasteiger partial charge on any atom is 0.169 e. The quantitative estimate of drug-likeness (QED) is 0.856. The van der Waals surface area contributed by atoms with Gasteiger partial charge in [0.25, 0.3) is 0 Å². The van der Waals surface area contributed by atoms with Gasteiger partial charge in [0.1, 0.15) is 5.75 Å². The Morgan fingerprint density at radius 1 is 1.18 bits per heavy atom. The maximum atomic E-state index is 11.1. The number of carbonyl (C=O) groups excluding carboxylic acids is 1. The highest BCUT2D eigenvalue weighted by atomic mass is 79.9. The van der Waals surface area contributed by atoms with Crippen molar-refractivity contribution in [3.8, 4) is 5.75 Å². The number of hydrogen-bond acceptors (Lipinski definition) is 2. The Hall–Kier alpha value is -1.35. The van der Waals surface area contributed by atoms with E-state index in [0.717, 1.165) is 21.0 Å². The third-order valence-corrected chi connectivity index (χ3v) is 3.15. The molecule has 0 radical (unpaired) electrons. The van der Waals surface area contributed by atoms with Crippen LogP contribution in [0.15, 0.2) is 40.9 Å². The third kappa shape index (κ3) is 2.86. The van der Waals surface area contributed by atoms with Crippen molar-refractivity contribution in [1.29, 1.82) is 0 Å². The molecule has 88 valence electrons. The van der Waals surface area contributed by atoms with Crippen LogP contribution >= 0.6 is 15.9 Å². The molecule has 0 amide bonds. The first kappa shape index (κ1) is 12.1. The number of halogens is 1. The van der Waals surface area contributed by atoms with Gasteiger partial charge in [-0.05, 0) is 48.9 Å². The summed E-state index contributed by atoms with van der Waals surface area (Å²) in [5, 5.41) is 2.24. The molecule has 0 aliphatic rings. The van der Waals surface area contributed by atoms with Gasteiger partial charge in [0.2, 0.25) is 0 Å². The summed E-state index contributed by atoms with van der Waals surface area (Å²) in [6.45, 7) is 3.29. The van der Waals surface area contributed by atoms with E-state index in [2.05, 4.69) is 15.9 Å². The molecule has 0 aromatic heterocycles. The standard InChI is InChI=1S/C14H13BrO2/c1-9(16)10(2)17-14-6-4-11-7-13(15)5-3-12(11)8-14/h3-8,10H,1-2H3/t10-/m1/s1. The van der Waals surface area contributed by atoms with Crippen LogP contribution in [0.2, 0.25) is 0 Å². The molecule has 0 saturated heterocycles. The molecule has 2 rings (SSSR count). The van der Waals surface area contributed by atoms with Gasteiger partial charge in [-0.25, -0.2) is 0 Å². The van der Waals surface area contributed by atoms with E-state index in [4.69, 9.17) is 4.74 Å². The van der Waals surface area contributed by atoms with Gasteiger partial charge in [-0.1, -0.05) is 28.1 Å². The Morgan fingerprint density at radius 3 is 2.53 bits per heavy atom. The van der Waals surface area contributed by atoms with E-state index in [1.54, 1.807) is 6.92 Å². The second-order valence-corrected chi connectivity index (χ2v) is 4.94. The fraction of sp³-hybridized carbons (Fsp3) is 0.214. The zero-order valence-corrected chi connectivity index (χ0v) is 11.3. The van der Waals surface area contributed by atoms with Crippen LogP contribution in [0.5, 0.6) is 5.75 Å². The van der Waals surface area contributed by atoms with Crippen LogP contribution in [0.25, 0.3) is 10.8 Å². The van der Waals surface area contributed by atoms with Crippen molar-refractivity contribution in [3.05, 3.63) is 40.9 Å². The Kier molecular flexibility index (Phi) is 3.48. The molecule has 1 atom stereocenters. The minimum absolute atomic E-state index is 0.0286. The molecule has 3 heteroatoms. The lowest BCUT2D eigenvalue weighted by molar-refractivity contribution is -0.122. The first-order valence-electron chi connectivity index (χ1n) is 5.43. The van der Waals surface area contributed by atoms with Crippen molar-refractivity contribution < 1.29 is 9.53 Å². The Labute approximate surface area is 109 Å². The lowest BCUT2D eigenvalue weighted by Gasteiger charge is -2.12. The van der Waals surface area contributed by atoms with E-state index in [1.807, 2.05) is 36.4 Å². The average molecular weight is 293 g/mol. The van der Waals surface area contributed by atoms with Gasteiger partial charge in [-0.2, -0.15) is 0 Å². The van der Waals surface area contributed by atoms with Crippen molar-refractivity contribution in [1.82, 2.24) is 0 Å². The largest absolute Gasteiger partial charge is 0.483 e. The van der Waals surface area contributed by atoms with Crippen LogP contribution in [-0.2, 0) is 4.79 Å². The van der Waals surface area contributed by atoms with E-state index >= 15 is 0 Å². The Morgan fingerprint density at radius 2 is 1.82 bits per heavy atom. The number of ether oxygens (including phenoxy) is 1. The summed E-state index contributed by atoms with van der Waals surface area (Å²) in [5.74, 6) is 0.753. The predicted molar refractivity (Wildman–Crippen MR) is 72.4 cm³/mol. The molecule has 2 aromatic carbocycles. The highest BCUT2D eigenvalue weighted by Gasteiger charge is 2.09. The highest BCUT2D eigenvalue weighted by Crippen LogP contribution is 2.24. The summed E-state index contributed by atoms with van der Waals surface area (Å²) in [7, 11) is 0. The summed E-state index contributed by atoms with van der Waals surface area (Å²) in [6.07, 6.45) is -0.400. The minimum atomic E-state index is -0.400. The van der Waals surface area contributed by atoms with Gasteiger partial charge in [-0.15, -0.1) is 0 Å². The Bertz CT molecular complexity index is 563. The fourth-order valence-corrected chi connectivity index (χ4v) is 1.93. The maximum absolute atomic E-state index is 11.1. The van der Waals surface area contributed by atoms with Gasteiger partial charge in [0, 0.05) is 4.47 Å². The highest BCUT2D eigenvalue weighted by molar-refractivity contribution is 9.10. The van der Waals surface area contributed by atoms with E-state index in [1.165, 1.54) is 6.92 Å². The molecule has 2 aromatic rings. The number of benzene rings is 2. The van der Waals surface area contributed by atoms with Crippen LogP contribution < -0.4 is 4.74 Å². The number of hydrogen-bond donors (Lipinski definition) is 0. The van der Waals surface area contributed by atoms with Crippen molar-refractivity contribution in [2.45, 2.75) is 20.0 Å².